The summed E-state index contributed by atoms with van der Waals surface area (Å²) in [6.07, 6.45) is 0.427. The van der Waals surface area contributed by atoms with Crippen molar-refractivity contribution in [3.63, 3.8) is 0 Å². The third kappa shape index (κ3) is 4.34. The molecule has 1 atom stereocenters. The maximum absolute atomic E-state index is 14.1. The van der Waals surface area contributed by atoms with Gasteiger partial charge in [0.05, 0.1) is 0 Å². The molecule has 0 aliphatic carbocycles. The topological polar surface area (TPSA) is 66.4 Å². The van der Waals surface area contributed by atoms with Crippen molar-refractivity contribution in [2.24, 2.45) is 0 Å². The third-order valence-corrected chi connectivity index (χ3v) is 8.00. The zero-order valence-electron chi connectivity index (χ0n) is 16.8. The number of hydrogen-bond acceptors (Lipinski definition) is 6. The molecule has 170 valence electrons. The average Bonchev–Trinajstić information content (AvgIpc) is 3.22. The van der Waals surface area contributed by atoms with Gasteiger partial charge in [0, 0.05) is 43.6 Å². The van der Waals surface area contributed by atoms with Crippen LogP contribution < -0.4 is 4.90 Å². The maximum Gasteiger partial charge on any atom is 0.246 e. The highest BCUT2D eigenvalue weighted by atomic mass is 32.2. The first-order valence-corrected chi connectivity index (χ1v) is 11.9. The van der Waals surface area contributed by atoms with E-state index in [2.05, 4.69) is 9.36 Å². The summed E-state index contributed by atoms with van der Waals surface area (Å²) in [7, 11) is -4.36. The smallest absolute Gasteiger partial charge is 0.246 e. The monoisotopic (exact) mass is 486 g/mol. The van der Waals surface area contributed by atoms with Gasteiger partial charge in [-0.15, -0.1) is 0 Å². The molecule has 4 rings (SSSR count). The molecule has 2 aromatic carbocycles. The maximum atomic E-state index is 14.1. The number of halogens is 4. The second-order valence-electron chi connectivity index (χ2n) is 7.38. The molecule has 0 bridgehead atoms. The zero-order chi connectivity index (χ0) is 23.0. The fraction of sp³-hybridized carbons (Fsp3) is 0.300. The molecule has 32 heavy (non-hydrogen) atoms. The molecule has 1 aliphatic heterocycles. The Bertz CT molecular complexity index is 1230. The Morgan fingerprint density at radius 1 is 1.03 bits per heavy atom. The van der Waals surface area contributed by atoms with Gasteiger partial charge in [-0.25, -0.2) is 31.0 Å². The lowest BCUT2D eigenvalue weighted by Gasteiger charge is -2.38. The van der Waals surface area contributed by atoms with Gasteiger partial charge in [-0.1, -0.05) is 12.1 Å². The van der Waals surface area contributed by atoms with Crippen molar-refractivity contribution in [2.45, 2.75) is 24.3 Å². The molecule has 3 aromatic rings. The van der Waals surface area contributed by atoms with Gasteiger partial charge in [-0.3, -0.25) is 0 Å². The van der Waals surface area contributed by atoms with Gasteiger partial charge in [-0.2, -0.15) is 8.68 Å². The highest BCUT2D eigenvalue weighted by Crippen LogP contribution is 2.28. The molecule has 1 saturated heterocycles. The molecule has 1 unspecified atom stereocenters. The van der Waals surface area contributed by atoms with Crippen molar-refractivity contribution in [1.82, 2.24) is 13.7 Å². The van der Waals surface area contributed by atoms with Crippen LogP contribution in [0.25, 0.3) is 0 Å². The van der Waals surface area contributed by atoms with E-state index in [9.17, 15) is 26.0 Å². The van der Waals surface area contributed by atoms with Gasteiger partial charge in [0.1, 0.15) is 16.5 Å². The Balaban J connectivity index is 1.47. The highest BCUT2D eigenvalue weighted by molar-refractivity contribution is 7.89. The van der Waals surface area contributed by atoms with Crippen LogP contribution in [0.1, 0.15) is 18.3 Å². The largest absolute Gasteiger partial charge is 0.344 e. The fourth-order valence-electron chi connectivity index (χ4n) is 3.54. The molecule has 0 amide bonds. The van der Waals surface area contributed by atoms with Crippen LogP contribution in [0.3, 0.4) is 0 Å². The summed E-state index contributed by atoms with van der Waals surface area (Å²) in [5.41, 5.74) is 0.855. The summed E-state index contributed by atoms with van der Waals surface area (Å²) in [5.74, 6) is -4.77. The third-order valence-electron chi connectivity index (χ3n) is 5.16. The number of anilines is 1. The van der Waals surface area contributed by atoms with Gasteiger partial charge in [0.25, 0.3) is 0 Å². The first kappa shape index (κ1) is 22.6. The molecule has 2 heterocycles. The van der Waals surface area contributed by atoms with Crippen molar-refractivity contribution in [3.8, 4) is 0 Å². The van der Waals surface area contributed by atoms with Crippen LogP contribution in [0.15, 0.2) is 41.3 Å². The Hall–Kier alpha value is -2.57. The summed E-state index contributed by atoms with van der Waals surface area (Å²) in [6.45, 7) is 2.17. The quantitative estimate of drug-likeness (QED) is 0.408. The number of hydrogen-bond donors (Lipinski definition) is 0. The van der Waals surface area contributed by atoms with Crippen molar-refractivity contribution in [2.75, 3.05) is 24.5 Å². The molecule has 0 N–H and O–H groups in total. The average molecular weight is 487 g/mol. The van der Waals surface area contributed by atoms with Crippen LogP contribution in [0.5, 0.6) is 0 Å². The molecule has 1 fully saturated rings. The minimum Gasteiger partial charge on any atom is -0.344 e. The Kier molecular flexibility index (Phi) is 6.19. The van der Waals surface area contributed by atoms with Crippen molar-refractivity contribution >= 4 is 26.7 Å². The van der Waals surface area contributed by atoms with E-state index in [1.165, 1.54) is 12.1 Å². The fourth-order valence-corrected chi connectivity index (χ4v) is 5.93. The zero-order valence-corrected chi connectivity index (χ0v) is 18.4. The first-order valence-electron chi connectivity index (χ1n) is 9.64. The minimum atomic E-state index is -4.36. The molecule has 0 saturated carbocycles. The van der Waals surface area contributed by atoms with Gasteiger partial charge in [-0.05, 0) is 36.8 Å². The van der Waals surface area contributed by atoms with E-state index in [0.29, 0.717) is 23.4 Å². The Morgan fingerprint density at radius 2 is 1.75 bits per heavy atom. The first-order chi connectivity index (χ1) is 15.2. The lowest BCUT2D eigenvalue weighted by molar-refractivity contribution is 0.304. The second-order valence-corrected chi connectivity index (χ2v) is 9.97. The standard InChI is InChI=1S/C20H18F4N4O2S2/c1-12-11-27(20-25-17(26-31-20)10-13-2-4-14(21)5-3-13)8-9-28(12)32(29,30)16-7-6-15(22)18(23)19(16)24/h2-7,12H,8-11H2,1H3. The van der Waals surface area contributed by atoms with Crippen LogP contribution in [-0.4, -0.2) is 47.8 Å². The Morgan fingerprint density at radius 3 is 2.44 bits per heavy atom. The summed E-state index contributed by atoms with van der Waals surface area (Å²) in [6, 6.07) is 6.77. The normalized spacial score (nSPS) is 17.7. The number of benzene rings is 2. The summed E-state index contributed by atoms with van der Waals surface area (Å²) >= 11 is 1.16. The van der Waals surface area contributed by atoms with Gasteiger partial charge < -0.3 is 4.90 Å². The van der Waals surface area contributed by atoms with Crippen LogP contribution in [0, 0.1) is 23.3 Å². The molecular formula is C20H18F4N4O2S2. The molecule has 1 aliphatic rings. The number of nitrogens with zero attached hydrogens (tertiary/aromatic N) is 4. The molecular weight excluding hydrogens is 468 g/mol. The van der Waals surface area contributed by atoms with E-state index in [4.69, 9.17) is 0 Å². The molecule has 6 nitrogen and oxygen atoms in total. The number of sulfonamides is 1. The minimum absolute atomic E-state index is 0.00874. The lowest BCUT2D eigenvalue weighted by Crippen LogP contribution is -2.54. The lowest BCUT2D eigenvalue weighted by atomic mass is 10.1. The van der Waals surface area contributed by atoms with E-state index >= 15 is 0 Å². The van der Waals surface area contributed by atoms with E-state index in [1.54, 1.807) is 19.1 Å². The van der Waals surface area contributed by atoms with Crippen molar-refractivity contribution < 1.29 is 26.0 Å². The second kappa shape index (κ2) is 8.75. The van der Waals surface area contributed by atoms with E-state index in [0.717, 1.165) is 27.5 Å². The molecule has 0 radical (unpaired) electrons. The van der Waals surface area contributed by atoms with Crippen LogP contribution in [0.2, 0.25) is 0 Å². The van der Waals surface area contributed by atoms with Crippen LogP contribution in [-0.2, 0) is 16.4 Å². The van der Waals surface area contributed by atoms with Gasteiger partial charge in [0.2, 0.25) is 15.2 Å². The molecule has 1 aromatic heterocycles. The Labute approximate surface area is 186 Å². The van der Waals surface area contributed by atoms with E-state index in [1.807, 2.05) is 4.90 Å². The van der Waals surface area contributed by atoms with Crippen molar-refractivity contribution in [1.29, 1.82) is 0 Å². The molecule has 0 spiro atoms. The summed E-state index contributed by atoms with van der Waals surface area (Å²) < 4.78 is 85.1. The van der Waals surface area contributed by atoms with E-state index < -0.39 is 38.4 Å². The summed E-state index contributed by atoms with van der Waals surface area (Å²) in [4.78, 5) is 5.46. The predicted octanol–water partition coefficient (Wildman–Crippen LogP) is 3.58. The van der Waals surface area contributed by atoms with Gasteiger partial charge in [0.15, 0.2) is 17.5 Å². The van der Waals surface area contributed by atoms with Crippen molar-refractivity contribution in [3.05, 3.63) is 71.1 Å². The van der Waals surface area contributed by atoms with Gasteiger partial charge >= 0.3 is 0 Å². The van der Waals surface area contributed by atoms with Crippen LogP contribution >= 0.6 is 11.5 Å². The highest BCUT2D eigenvalue weighted by Gasteiger charge is 2.37. The predicted molar refractivity (Wildman–Crippen MR) is 111 cm³/mol. The molecule has 12 heteroatoms. The van der Waals surface area contributed by atoms with E-state index in [-0.39, 0.29) is 25.5 Å². The number of rotatable bonds is 5. The van der Waals surface area contributed by atoms with Crippen LogP contribution in [0.4, 0.5) is 22.7 Å². The summed E-state index contributed by atoms with van der Waals surface area (Å²) in [5, 5.41) is 0.602. The number of piperazine rings is 1. The SMILES string of the molecule is CC1CN(c2nc(Cc3ccc(F)cc3)ns2)CCN1S(=O)(=O)c1ccc(F)c(F)c1F. The number of aromatic nitrogens is 2.